The summed E-state index contributed by atoms with van der Waals surface area (Å²) in [4.78, 5) is 26.4. The fourth-order valence-corrected chi connectivity index (χ4v) is 2.97. The number of nitrogens with one attached hydrogen (secondary N) is 1. The van der Waals surface area contributed by atoms with Gasteiger partial charge in [0.1, 0.15) is 11.8 Å². The first-order valence-electron chi connectivity index (χ1n) is 8.44. The lowest BCUT2D eigenvalue weighted by atomic mass is 10.1. The highest BCUT2D eigenvalue weighted by molar-refractivity contribution is 5.89. The number of aliphatic hydroxyl groups excluding tert-OH is 1. The van der Waals surface area contributed by atoms with E-state index < -0.39 is 12.1 Å². The van der Waals surface area contributed by atoms with Gasteiger partial charge in [-0.15, -0.1) is 0 Å². The van der Waals surface area contributed by atoms with Crippen molar-refractivity contribution < 1.29 is 19.2 Å². The third kappa shape index (κ3) is 4.37. The topological polar surface area (TPSA) is 95.7 Å². The summed E-state index contributed by atoms with van der Waals surface area (Å²) in [5.41, 5.74) is 1.64. The van der Waals surface area contributed by atoms with Gasteiger partial charge < -0.3 is 19.8 Å². The zero-order valence-corrected chi connectivity index (χ0v) is 14.5. The number of aliphatic hydroxyl groups is 1. The highest BCUT2D eigenvalue weighted by atomic mass is 16.5. The Labute approximate surface area is 151 Å². The van der Waals surface area contributed by atoms with Crippen molar-refractivity contribution in [1.29, 1.82) is 0 Å². The smallest absolute Gasteiger partial charge is 0.246 e. The molecule has 0 saturated carbocycles. The van der Waals surface area contributed by atoms with Gasteiger partial charge in [0.25, 0.3) is 0 Å². The summed E-state index contributed by atoms with van der Waals surface area (Å²) in [6, 6.07) is 10.5. The second-order valence-corrected chi connectivity index (χ2v) is 6.32. The van der Waals surface area contributed by atoms with Crippen LogP contribution in [0.4, 0.5) is 0 Å². The van der Waals surface area contributed by atoms with Gasteiger partial charge in [-0.1, -0.05) is 35.5 Å². The van der Waals surface area contributed by atoms with E-state index in [1.54, 1.807) is 25.3 Å². The van der Waals surface area contributed by atoms with E-state index in [0.29, 0.717) is 11.5 Å². The van der Waals surface area contributed by atoms with Crippen LogP contribution in [0.2, 0.25) is 0 Å². The van der Waals surface area contributed by atoms with Crippen LogP contribution in [0.1, 0.15) is 23.4 Å². The van der Waals surface area contributed by atoms with Gasteiger partial charge in [-0.05, 0) is 18.6 Å². The van der Waals surface area contributed by atoms with E-state index in [-0.39, 0.29) is 31.2 Å². The lowest BCUT2D eigenvalue weighted by molar-refractivity contribution is -0.137. The van der Waals surface area contributed by atoms with Gasteiger partial charge in [-0.2, -0.15) is 0 Å². The van der Waals surface area contributed by atoms with E-state index in [9.17, 15) is 14.7 Å². The Hall–Kier alpha value is -2.93. The van der Waals surface area contributed by atoms with E-state index in [0.717, 1.165) is 5.56 Å². The molecule has 0 bridgehead atoms. The molecule has 1 aromatic carbocycles. The number of carbonyl (C=O) groups excluding carboxylic acids is 2. The number of likely N-dealkylation sites (tertiary alicyclic amines) is 1. The van der Waals surface area contributed by atoms with Crippen LogP contribution in [0.5, 0.6) is 0 Å². The molecule has 2 atom stereocenters. The summed E-state index contributed by atoms with van der Waals surface area (Å²) in [5, 5.41) is 16.4. The molecule has 7 nitrogen and oxygen atoms in total. The highest BCUT2D eigenvalue weighted by Crippen LogP contribution is 2.20. The Morgan fingerprint density at radius 1 is 1.38 bits per heavy atom. The zero-order valence-electron chi connectivity index (χ0n) is 14.5. The van der Waals surface area contributed by atoms with Crippen molar-refractivity contribution in [2.45, 2.75) is 31.9 Å². The van der Waals surface area contributed by atoms with Crippen molar-refractivity contribution in [2.75, 3.05) is 6.54 Å². The van der Waals surface area contributed by atoms with Gasteiger partial charge in [0, 0.05) is 25.2 Å². The largest absolute Gasteiger partial charge is 0.391 e. The van der Waals surface area contributed by atoms with Crippen LogP contribution in [0.15, 0.2) is 47.1 Å². The molecule has 1 aliphatic rings. The number of hydrogen-bond acceptors (Lipinski definition) is 5. The predicted octanol–water partition coefficient (Wildman–Crippen LogP) is 1.27. The first-order chi connectivity index (χ1) is 12.5. The lowest BCUT2D eigenvalue weighted by Gasteiger charge is -2.22. The molecule has 2 heterocycles. The minimum absolute atomic E-state index is 0.0111. The average molecular weight is 355 g/mol. The third-order valence-corrected chi connectivity index (χ3v) is 4.21. The summed E-state index contributed by atoms with van der Waals surface area (Å²) in [7, 11) is 0. The van der Waals surface area contributed by atoms with E-state index in [4.69, 9.17) is 4.52 Å². The van der Waals surface area contributed by atoms with Crippen LogP contribution in [-0.2, 0) is 16.0 Å². The van der Waals surface area contributed by atoms with Crippen LogP contribution < -0.4 is 5.32 Å². The third-order valence-electron chi connectivity index (χ3n) is 4.21. The first kappa shape index (κ1) is 17.9. The van der Waals surface area contributed by atoms with Gasteiger partial charge in [0.05, 0.1) is 18.2 Å². The first-order valence-corrected chi connectivity index (χ1v) is 8.44. The van der Waals surface area contributed by atoms with Crippen LogP contribution in [0.3, 0.4) is 0 Å². The molecule has 2 amide bonds. The van der Waals surface area contributed by atoms with Gasteiger partial charge in [-0.3, -0.25) is 9.59 Å². The fourth-order valence-electron chi connectivity index (χ4n) is 2.97. The van der Waals surface area contributed by atoms with E-state index >= 15 is 0 Å². The molecular formula is C19H21N3O4. The maximum atomic E-state index is 12.5. The van der Waals surface area contributed by atoms with Crippen LogP contribution >= 0.6 is 0 Å². The van der Waals surface area contributed by atoms with E-state index in [2.05, 4.69) is 10.5 Å². The number of hydrogen-bond donors (Lipinski definition) is 2. The van der Waals surface area contributed by atoms with Gasteiger partial charge in [-0.25, -0.2) is 0 Å². The molecule has 2 aromatic rings. The average Bonchev–Trinajstić information content (AvgIpc) is 3.21. The molecule has 1 aromatic heterocycles. The van der Waals surface area contributed by atoms with Crippen molar-refractivity contribution in [3.05, 3.63) is 59.6 Å². The maximum absolute atomic E-state index is 12.5. The summed E-state index contributed by atoms with van der Waals surface area (Å²) >= 11 is 0. The molecule has 1 saturated heterocycles. The van der Waals surface area contributed by atoms with Crippen molar-refractivity contribution >= 4 is 17.9 Å². The number of carbonyl (C=O) groups is 2. The van der Waals surface area contributed by atoms with Gasteiger partial charge in [0.2, 0.25) is 11.8 Å². The summed E-state index contributed by atoms with van der Waals surface area (Å²) in [5.74, 6) is -0.155. The van der Waals surface area contributed by atoms with Crippen LogP contribution in [-0.4, -0.2) is 45.7 Å². The number of benzene rings is 1. The molecule has 0 unspecified atom stereocenters. The van der Waals surface area contributed by atoms with E-state index in [1.807, 2.05) is 30.3 Å². The number of aromatic nitrogens is 1. The minimum atomic E-state index is -0.718. The normalized spacial score (nSPS) is 19.8. The van der Waals surface area contributed by atoms with Gasteiger partial charge >= 0.3 is 0 Å². The molecule has 0 aliphatic carbocycles. The summed E-state index contributed by atoms with van der Waals surface area (Å²) in [6.07, 6.45) is 2.82. The summed E-state index contributed by atoms with van der Waals surface area (Å²) in [6.45, 7) is 1.90. The number of rotatable bonds is 5. The minimum Gasteiger partial charge on any atom is -0.391 e. The number of aryl methyl sites for hydroxylation is 1. The molecule has 0 spiro atoms. The Morgan fingerprint density at radius 2 is 2.15 bits per heavy atom. The second-order valence-electron chi connectivity index (χ2n) is 6.32. The Balaban J connectivity index is 1.62. The Bertz CT molecular complexity index is 800. The molecule has 136 valence electrons. The molecule has 1 aliphatic heterocycles. The summed E-state index contributed by atoms with van der Waals surface area (Å²) < 4.78 is 5.06. The molecule has 2 N–H and O–H groups in total. The number of amides is 2. The SMILES string of the molecule is Cc1cc(CC(=O)N2C[C@H](O)C[C@H]2C(=O)NC=Cc2ccccc2)on1. The molecule has 26 heavy (non-hydrogen) atoms. The van der Waals surface area contributed by atoms with Crippen molar-refractivity contribution in [3.63, 3.8) is 0 Å². The number of β-amino-alcohol motifs (C(OH)–C–C–N with tert-alkyl or cyclic N) is 1. The number of nitrogens with zero attached hydrogens (tertiary/aromatic N) is 2. The van der Waals surface area contributed by atoms with Gasteiger partial charge in [0.15, 0.2) is 0 Å². The maximum Gasteiger partial charge on any atom is 0.246 e. The Morgan fingerprint density at radius 3 is 2.85 bits per heavy atom. The molecular weight excluding hydrogens is 334 g/mol. The van der Waals surface area contributed by atoms with Crippen LogP contribution in [0.25, 0.3) is 6.08 Å². The second kappa shape index (κ2) is 7.97. The monoisotopic (exact) mass is 355 g/mol. The Kier molecular flexibility index (Phi) is 5.48. The standard InChI is InChI=1S/C19H21N3O4/c1-13-9-16(26-21-13)11-18(24)22-12-15(23)10-17(22)19(25)20-8-7-14-5-3-2-4-6-14/h2-9,15,17,23H,10-12H2,1H3,(H,20,25)/t15-,17+/m1/s1. The van der Waals surface area contributed by atoms with Crippen molar-refractivity contribution in [3.8, 4) is 0 Å². The zero-order chi connectivity index (χ0) is 18.5. The van der Waals surface area contributed by atoms with E-state index in [1.165, 1.54) is 4.90 Å². The lowest BCUT2D eigenvalue weighted by Crippen LogP contribution is -2.45. The van der Waals surface area contributed by atoms with Crippen LogP contribution in [0, 0.1) is 6.92 Å². The van der Waals surface area contributed by atoms with Crippen molar-refractivity contribution in [2.24, 2.45) is 0 Å². The van der Waals surface area contributed by atoms with Crippen molar-refractivity contribution in [1.82, 2.24) is 15.4 Å². The molecule has 7 heteroatoms. The quantitative estimate of drug-likeness (QED) is 0.842. The molecule has 3 rings (SSSR count). The molecule has 1 fully saturated rings. The fraction of sp³-hybridized carbons (Fsp3) is 0.316. The highest BCUT2D eigenvalue weighted by Gasteiger charge is 2.38. The predicted molar refractivity (Wildman–Crippen MR) is 94.7 cm³/mol. The molecule has 0 radical (unpaired) electrons.